The molecule has 0 saturated carbocycles. The first-order valence-corrected chi connectivity index (χ1v) is 7.83. The molecule has 124 valence electrons. The number of anilines is 1. The van der Waals surface area contributed by atoms with E-state index in [0.717, 1.165) is 29.1 Å². The van der Waals surface area contributed by atoms with Gasteiger partial charge in [-0.2, -0.15) is 5.10 Å². The molecule has 6 heteroatoms. The lowest BCUT2D eigenvalue weighted by Gasteiger charge is -2.13. The molecule has 1 amide bonds. The summed E-state index contributed by atoms with van der Waals surface area (Å²) in [6, 6.07) is 9.54. The standard InChI is InChI=1S/C18H21N5O/c1-4-23-17(7-8-21-23)13-10-16(20-11-13)12-5-6-15(19)14(9-12)18(24)22(2)3/h5-11,20H,4,19H2,1-3H3. The van der Waals surface area contributed by atoms with E-state index in [9.17, 15) is 4.79 Å². The number of aryl methyl sites for hydroxylation is 1. The number of nitrogen functional groups attached to an aromatic ring is 1. The molecule has 0 saturated heterocycles. The van der Waals surface area contributed by atoms with Gasteiger partial charge < -0.3 is 15.6 Å². The van der Waals surface area contributed by atoms with Crippen molar-refractivity contribution in [3.63, 3.8) is 0 Å². The van der Waals surface area contributed by atoms with Crippen molar-refractivity contribution in [3.05, 3.63) is 48.3 Å². The Morgan fingerprint density at radius 3 is 2.75 bits per heavy atom. The van der Waals surface area contributed by atoms with Crippen LogP contribution >= 0.6 is 0 Å². The minimum atomic E-state index is -0.106. The molecule has 3 aromatic rings. The first-order valence-electron chi connectivity index (χ1n) is 7.83. The number of nitrogens with zero attached hydrogens (tertiary/aromatic N) is 3. The van der Waals surface area contributed by atoms with Crippen molar-refractivity contribution in [1.29, 1.82) is 0 Å². The van der Waals surface area contributed by atoms with E-state index in [1.54, 1.807) is 26.4 Å². The van der Waals surface area contributed by atoms with Crippen LogP contribution in [0.3, 0.4) is 0 Å². The molecule has 24 heavy (non-hydrogen) atoms. The van der Waals surface area contributed by atoms with Gasteiger partial charge in [-0.3, -0.25) is 9.48 Å². The van der Waals surface area contributed by atoms with Gasteiger partial charge in [0.1, 0.15) is 0 Å². The van der Waals surface area contributed by atoms with Gasteiger partial charge in [0.05, 0.1) is 11.3 Å². The Bertz CT molecular complexity index is 875. The van der Waals surface area contributed by atoms with Crippen LogP contribution in [0.15, 0.2) is 42.7 Å². The molecule has 0 aliphatic heterocycles. The zero-order valence-electron chi connectivity index (χ0n) is 14.1. The van der Waals surface area contributed by atoms with Crippen LogP contribution in [0, 0.1) is 0 Å². The van der Waals surface area contributed by atoms with Crippen molar-refractivity contribution >= 4 is 11.6 Å². The van der Waals surface area contributed by atoms with Crippen molar-refractivity contribution < 1.29 is 4.79 Å². The lowest BCUT2D eigenvalue weighted by Crippen LogP contribution is -2.22. The van der Waals surface area contributed by atoms with Crippen LogP contribution in [0.2, 0.25) is 0 Å². The number of aromatic amines is 1. The summed E-state index contributed by atoms with van der Waals surface area (Å²) in [5.41, 5.74) is 10.9. The molecule has 0 atom stereocenters. The largest absolute Gasteiger partial charge is 0.398 e. The van der Waals surface area contributed by atoms with Crippen LogP contribution in [-0.4, -0.2) is 39.7 Å². The quantitative estimate of drug-likeness (QED) is 0.725. The highest BCUT2D eigenvalue weighted by atomic mass is 16.2. The summed E-state index contributed by atoms with van der Waals surface area (Å²) in [6.07, 6.45) is 3.74. The predicted octanol–water partition coefficient (Wildman–Crippen LogP) is 2.85. The van der Waals surface area contributed by atoms with E-state index in [1.165, 1.54) is 4.90 Å². The number of nitrogens with two attached hydrogens (primary N) is 1. The van der Waals surface area contributed by atoms with Crippen LogP contribution in [0.5, 0.6) is 0 Å². The molecule has 0 unspecified atom stereocenters. The second-order valence-corrected chi connectivity index (χ2v) is 5.84. The average molecular weight is 323 g/mol. The molecule has 0 fully saturated rings. The number of H-pyrrole nitrogens is 1. The maximum Gasteiger partial charge on any atom is 0.255 e. The topological polar surface area (TPSA) is 79.9 Å². The number of rotatable bonds is 4. The maximum atomic E-state index is 12.2. The van der Waals surface area contributed by atoms with Gasteiger partial charge in [0, 0.05) is 50.0 Å². The molecule has 3 rings (SSSR count). The molecule has 1 aromatic carbocycles. The number of hydrogen-bond donors (Lipinski definition) is 2. The monoisotopic (exact) mass is 323 g/mol. The zero-order chi connectivity index (χ0) is 17.3. The molecule has 0 spiro atoms. The van der Waals surface area contributed by atoms with Gasteiger partial charge in [-0.15, -0.1) is 0 Å². The van der Waals surface area contributed by atoms with Gasteiger partial charge in [-0.25, -0.2) is 0 Å². The number of aromatic nitrogens is 3. The lowest BCUT2D eigenvalue weighted by molar-refractivity contribution is 0.0828. The smallest absolute Gasteiger partial charge is 0.255 e. The third-order valence-electron chi connectivity index (χ3n) is 4.00. The van der Waals surface area contributed by atoms with Crippen LogP contribution in [0.4, 0.5) is 5.69 Å². The summed E-state index contributed by atoms with van der Waals surface area (Å²) in [5, 5.41) is 4.30. The summed E-state index contributed by atoms with van der Waals surface area (Å²) in [6.45, 7) is 2.87. The Morgan fingerprint density at radius 1 is 1.25 bits per heavy atom. The Kier molecular flexibility index (Phi) is 4.12. The Labute approximate surface area is 140 Å². The highest BCUT2D eigenvalue weighted by Crippen LogP contribution is 2.28. The Hall–Kier alpha value is -3.02. The molecule has 0 bridgehead atoms. The van der Waals surface area contributed by atoms with E-state index in [-0.39, 0.29) is 5.91 Å². The molecule has 2 heterocycles. The molecule has 0 radical (unpaired) electrons. The zero-order valence-corrected chi connectivity index (χ0v) is 14.1. The molecule has 6 nitrogen and oxygen atoms in total. The fraction of sp³-hybridized carbons (Fsp3) is 0.222. The molecule has 0 aliphatic carbocycles. The third-order valence-corrected chi connectivity index (χ3v) is 4.00. The van der Waals surface area contributed by atoms with Gasteiger partial charge >= 0.3 is 0 Å². The molecular weight excluding hydrogens is 302 g/mol. The van der Waals surface area contributed by atoms with Gasteiger partial charge in [0.2, 0.25) is 0 Å². The fourth-order valence-corrected chi connectivity index (χ4v) is 2.69. The SMILES string of the molecule is CCn1nccc1-c1c[nH]c(-c2ccc(N)c(C(=O)N(C)C)c2)c1. The second kappa shape index (κ2) is 6.23. The number of carbonyl (C=O) groups is 1. The van der Waals surface area contributed by atoms with Crippen molar-refractivity contribution in [3.8, 4) is 22.5 Å². The summed E-state index contributed by atoms with van der Waals surface area (Å²) < 4.78 is 1.94. The van der Waals surface area contributed by atoms with Crippen molar-refractivity contribution in [2.75, 3.05) is 19.8 Å². The minimum absolute atomic E-state index is 0.106. The fourth-order valence-electron chi connectivity index (χ4n) is 2.69. The van der Waals surface area contributed by atoms with E-state index in [0.29, 0.717) is 11.3 Å². The number of benzene rings is 1. The molecule has 3 N–H and O–H groups in total. The van der Waals surface area contributed by atoms with Crippen LogP contribution in [0.25, 0.3) is 22.5 Å². The highest BCUT2D eigenvalue weighted by molar-refractivity contribution is 6.00. The van der Waals surface area contributed by atoms with E-state index in [2.05, 4.69) is 23.1 Å². The molecule has 0 aliphatic rings. The van der Waals surface area contributed by atoms with E-state index in [1.807, 2.05) is 29.1 Å². The number of nitrogens with one attached hydrogen (secondary N) is 1. The van der Waals surface area contributed by atoms with E-state index < -0.39 is 0 Å². The minimum Gasteiger partial charge on any atom is -0.398 e. The van der Waals surface area contributed by atoms with Crippen molar-refractivity contribution in [2.45, 2.75) is 13.5 Å². The predicted molar refractivity (Wildman–Crippen MR) is 95.6 cm³/mol. The summed E-state index contributed by atoms with van der Waals surface area (Å²) in [7, 11) is 3.43. The Morgan fingerprint density at radius 2 is 2.04 bits per heavy atom. The summed E-state index contributed by atoms with van der Waals surface area (Å²) >= 11 is 0. The summed E-state index contributed by atoms with van der Waals surface area (Å²) in [5.74, 6) is -0.106. The van der Waals surface area contributed by atoms with Gasteiger partial charge in [0.15, 0.2) is 0 Å². The van der Waals surface area contributed by atoms with Crippen LogP contribution in [0.1, 0.15) is 17.3 Å². The number of amides is 1. The van der Waals surface area contributed by atoms with Gasteiger partial charge in [-0.1, -0.05) is 6.07 Å². The maximum absolute atomic E-state index is 12.2. The van der Waals surface area contributed by atoms with E-state index in [4.69, 9.17) is 5.73 Å². The van der Waals surface area contributed by atoms with Crippen molar-refractivity contribution in [2.24, 2.45) is 0 Å². The first-order chi connectivity index (χ1) is 11.5. The molecule has 2 aromatic heterocycles. The highest BCUT2D eigenvalue weighted by Gasteiger charge is 2.14. The summed E-state index contributed by atoms with van der Waals surface area (Å²) in [4.78, 5) is 17.0. The second-order valence-electron chi connectivity index (χ2n) is 5.84. The first kappa shape index (κ1) is 15.9. The molecular formula is C18H21N5O. The van der Waals surface area contributed by atoms with Gasteiger partial charge in [0.25, 0.3) is 5.91 Å². The van der Waals surface area contributed by atoms with Gasteiger partial charge in [-0.05, 0) is 36.8 Å². The van der Waals surface area contributed by atoms with Crippen LogP contribution in [-0.2, 0) is 6.54 Å². The number of hydrogen-bond acceptors (Lipinski definition) is 3. The van der Waals surface area contributed by atoms with Crippen molar-refractivity contribution in [1.82, 2.24) is 19.7 Å². The average Bonchev–Trinajstić information content (AvgIpc) is 3.23. The lowest BCUT2D eigenvalue weighted by atomic mass is 10.0. The van der Waals surface area contributed by atoms with E-state index >= 15 is 0 Å². The third kappa shape index (κ3) is 2.78. The Balaban J connectivity index is 1.99. The number of carbonyl (C=O) groups excluding carboxylic acids is 1. The normalized spacial score (nSPS) is 10.8. The van der Waals surface area contributed by atoms with Crippen LogP contribution < -0.4 is 5.73 Å².